The number of piperidine rings is 1. The summed E-state index contributed by atoms with van der Waals surface area (Å²) in [6.07, 6.45) is 1.75. The average molecular weight is 467 g/mol. The van der Waals surface area contributed by atoms with E-state index in [-0.39, 0.29) is 17.6 Å². The van der Waals surface area contributed by atoms with E-state index in [2.05, 4.69) is 14.8 Å². The monoisotopic (exact) mass is 466 g/mol. The van der Waals surface area contributed by atoms with Crippen molar-refractivity contribution in [2.75, 3.05) is 52.9 Å². The van der Waals surface area contributed by atoms with Crippen LogP contribution in [0.4, 0.5) is 4.39 Å². The summed E-state index contributed by atoms with van der Waals surface area (Å²) in [4.78, 5) is 24.0. The third kappa shape index (κ3) is 5.08. The topological polar surface area (TPSA) is 62.1 Å². The fraction of sp³-hybridized carbons (Fsp3) is 0.462. The van der Waals surface area contributed by atoms with Gasteiger partial charge in [-0.2, -0.15) is 0 Å². The van der Waals surface area contributed by atoms with Crippen LogP contribution in [0, 0.1) is 5.82 Å². The van der Waals surface area contributed by atoms with Gasteiger partial charge in [-0.25, -0.2) is 9.37 Å². The molecule has 0 spiro atoms. The molecule has 0 atom stereocenters. The molecule has 7 nitrogen and oxygen atoms in total. The van der Waals surface area contributed by atoms with Crippen molar-refractivity contribution < 1.29 is 18.3 Å². The van der Waals surface area contributed by atoms with Crippen molar-refractivity contribution >= 4 is 17.0 Å². The van der Waals surface area contributed by atoms with Gasteiger partial charge in [-0.3, -0.25) is 14.6 Å². The molecule has 3 heterocycles. The Balaban J connectivity index is 1.08. The van der Waals surface area contributed by atoms with Gasteiger partial charge < -0.3 is 14.1 Å². The van der Waals surface area contributed by atoms with Gasteiger partial charge in [0.2, 0.25) is 5.91 Å². The van der Waals surface area contributed by atoms with E-state index in [0.29, 0.717) is 18.8 Å². The van der Waals surface area contributed by atoms with Crippen LogP contribution in [0.2, 0.25) is 0 Å². The molecular weight excluding hydrogens is 435 g/mol. The van der Waals surface area contributed by atoms with E-state index in [1.54, 1.807) is 19.2 Å². The lowest BCUT2D eigenvalue weighted by molar-refractivity contribution is -0.134. The van der Waals surface area contributed by atoms with E-state index in [9.17, 15) is 9.18 Å². The van der Waals surface area contributed by atoms with Gasteiger partial charge in [0.15, 0.2) is 11.5 Å². The minimum absolute atomic E-state index is 0.191. The maximum absolute atomic E-state index is 13.7. The average Bonchev–Trinajstić information content (AvgIpc) is 3.30. The number of ether oxygens (including phenoxy) is 1. The second-order valence-electron chi connectivity index (χ2n) is 9.18. The Hall–Kier alpha value is -2.97. The van der Waals surface area contributed by atoms with Crippen LogP contribution in [0.5, 0.6) is 5.75 Å². The predicted octanol–water partition coefficient (Wildman–Crippen LogP) is 3.50. The maximum atomic E-state index is 13.7. The van der Waals surface area contributed by atoms with Crippen LogP contribution < -0.4 is 4.74 Å². The third-order valence-electron chi connectivity index (χ3n) is 6.97. The first-order chi connectivity index (χ1) is 16.6. The van der Waals surface area contributed by atoms with Crippen LogP contribution in [0.15, 0.2) is 46.9 Å². The van der Waals surface area contributed by atoms with Crippen LogP contribution >= 0.6 is 0 Å². The lowest BCUT2D eigenvalue weighted by Crippen LogP contribution is -2.50. The van der Waals surface area contributed by atoms with E-state index in [0.717, 1.165) is 74.7 Å². The smallest absolute Gasteiger partial charge is 0.236 e. The molecule has 1 aromatic heterocycles. The number of carbonyl (C=O) groups excluding carboxylic acids is 1. The Labute approximate surface area is 199 Å². The first-order valence-electron chi connectivity index (χ1n) is 12.0. The van der Waals surface area contributed by atoms with Gasteiger partial charge in [0, 0.05) is 57.3 Å². The number of nitrogens with zero attached hydrogens (tertiary/aromatic N) is 4. The van der Waals surface area contributed by atoms with Gasteiger partial charge in [0.05, 0.1) is 13.7 Å². The van der Waals surface area contributed by atoms with Crippen molar-refractivity contribution in [3.8, 4) is 5.75 Å². The maximum Gasteiger partial charge on any atom is 0.236 e. The fourth-order valence-corrected chi connectivity index (χ4v) is 4.95. The highest BCUT2D eigenvalue weighted by Crippen LogP contribution is 2.30. The number of rotatable bonds is 6. The van der Waals surface area contributed by atoms with E-state index >= 15 is 0 Å². The zero-order valence-corrected chi connectivity index (χ0v) is 19.6. The number of oxazole rings is 1. The van der Waals surface area contributed by atoms with Gasteiger partial charge in [0.25, 0.3) is 0 Å². The molecule has 0 aliphatic carbocycles. The van der Waals surface area contributed by atoms with Crippen LogP contribution in [0.25, 0.3) is 11.1 Å². The van der Waals surface area contributed by atoms with E-state index in [1.165, 1.54) is 6.07 Å². The number of para-hydroxylation sites is 2. The van der Waals surface area contributed by atoms with Crippen molar-refractivity contribution in [1.82, 2.24) is 19.7 Å². The Morgan fingerprint density at radius 3 is 2.53 bits per heavy atom. The summed E-state index contributed by atoms with van der Waals surface area (Å²) in [7, 11) is 1.61. The lowest BCUT2D eigenvalue weighted by atomic mass is 9.96. The quantitative estimate of drug-likeness (QED) is 0.554. The molecule has 2 fully saturated rings. The second-order valence-corrected chi connectivity index (χ2v) is 9.18. The molecule has 34 heavy (non-hydrogen) atoms. The first kappa shape index (κ1) is 22.8. The van der Waals surface area contributed by atoms with Gasteiger partial charge in [0.1, 0.15) is 17.1 Å². The number of methoxy groups -OCH3 is 1. The van der Waals surface area contributed by atoms with Crippen molar-refractivity contribution in [1.29, 1.82) is 0 Å². The molecule has 0 saturated carbocycles. The number of amides is 1. The molecule has 3 aromatic rings. The van der Waals surface area contributed by atoms with Crippen LogP contribution in [-0.4, -0.2) is 78.5 Å². The number of aromatic nitrogens is 1. The van der Waals surface area contributed by atoms with Gasteiger partial charge in [-0.05, 0) is 43.2 Å². The highest BCUT2D eigenvalue weighted by molar-refractivity contribution is 5.78. The Bertz CT molecular complexity index is 1100. The number of piperazine rings is 1. The number of hydrogen-bond acceptors (Lipinski definition) is 6. The number of benzene rings is 2. The molecule has 0 radical (unpaired) electrons. The highest BCUT2D eigenvalue weighted by atomic mass is 19.1. The van der Waals surface area contributed by atoms with Gasteiger partial charge in [-0.1, -0.05) is 12.1 Å². The largest absolute Gasteiger partial charge is 0.496 e. The molecule has 0 unspecified atom stereocenters. The fourth-order valence-electron chi connectivity index (χ4n) is 4.95. The zero-order valence-electron chi connectivity index (χ0n) is 19.6. The van der Waals surface area contributed by atoms with Crippen molar-refractivity contribution in [2.45, 2.75) is 25.3 Å². The SMILES string of the molecule is COc1ccc(F)cc1CN1CCN(CC(=O)N2CCC(c3nc4ccccc4o3)CC2)CC1. The molecule has 5 rings (SSSR count). The number of fused-ring (bicyclic) bond motifs is 1. The van der Waals surface area contributed by atoms with E-state index in [4.69, 9.17) is 9.15 Å². The van der Waals surface area contributed by atoms with Crippen LogP contribution in [0.3, 0.4) is 0 Å². The van der Waals surface area contributed by atoms with Crippen molar-refractivity contribution in [2.24, 2.45) is 0 Å². The summed E-state index contributed by atoms with van der Waals surface area (Å²) in [6, 6.07) is 12.5. The van der Waals surface area contributed by atoms with E-state index in [1.807, 2.05) is 29.2 Å². The zero-order chi connectivity index (χ0) is 23.5. The summed E-state index contributed by atoms with van der Waals surface area (Å²) in [5, 5.41) is 0. The Morgan fingerprint density at radius 2 is 1.79 bits per heavy atom. The first-order valence-corrected chi connectivity index (χ1v) is 12.0. The standard InChI is InChI=1S/C26H31FN4O3/c1-33-23-7-6-21(27)16-20(23)17-29-12-14-30(15-13-29)18-25(32)31-10-8-19(9-11-31)26-28-22-4-2-3-5-24(22)34-26/h2-7,16,19H,8-15,17-18H2,1H3. The number of likely N-dealkylation sites (tertiary alicyclic amines) is 1. The third-order valence-corrected chi connectivity index (χ3v) is 6.97. The molecule has 180 valence electrons. The summed E-state index contributed by atoms with van der Waals surface area (Å²) in [5.74, 6) is 1.70. The van der Waals surface area contributed by atoms with Crippen LogP contribution in [0.1, 0.15) is 30.2 Å². The number of carbonyl (C=O) groups is 1. The minimum Gasteiger partial charge on any atom is -0.496 e. The Morgan fingerprint density at radius 1 is 1.06 bits per heavy atom. The number of hydrogen-bond donors (Lipinski definition) is 0. The second kappa shape index (κ2) is 10.1. The van der Waals surface area contributed by atoms with Crippen LogP contribution in [-0.2, 0) is 11.3 Å². The molecule has 8 heteroatoms. The molecule has 2 aliphatic rings. The molecule has 0 N–H and O–H groups in total. The van der Waals surface area contributed by atoms with Crippen molar-refractivity contribution in [3.63, 3.8) is 0 Å². The van der Waals surface area contributed by atoms with Gasteiger partial charge >= 0.3 is 0 Å². The van der Waals surface area contributed by atoms with Crippen molar-refractivity contribution in [3.05, 3.63) is 59.7 Å². The lowest BCUT2D eigenvalue weighted by Gasteiger charge is -2.36. The molecule has 2 aliphatic heterocycles. The molecular formula is C26H31FN4O3. The van der Waals surface area contributed by atoms with Gasteiger partial charge in [-0.15, -0.1) is 0 Å². The highest BCUT2D eigenvalue weighted by Gasteiger charge is 2.28. The summed E-state index contributed by atoms with van der Waals surface area (Å²) in [5.41, 5.74) is 2.57. The molecule has 2 aromatic carbocycles. The number of halogens is 1. The molecule has 1 amide bonds. The Kier molecular flexibility index (Phi) is 6.78. The molecule has 0 bridgehead atoms. The minimum atomic E-state index is -0.250. The summed E-state index contributed by atoms with van der Waals surface area (Å²) >= 11 is 0. The van der Waals surface area contributed by atoms with E-state index < -0.39 is 0 Å². The summed E-state index contributed by atoms with van der Waals surface area (Å²) < 4.78 is 25.0. The summed E-state index contributed by atoms with van der Waals surface area (Å²) in [6.45, 7) is 5.89. The predicted molar refractivity (Wildman–Crippen MR) is 127 cm³/mol. The molecule has 2 saturated heterocycles. The normalized spacial score (nSPS) is 18.5.